The van der Waals surface area contributed by atoms with Gasteiger partial charge in [0.1, 0.15) is 0 Å². The second-order valence-electron chi connectivity index (χ2n) is 4.34. The fraction of sp³-hybridized carbons (Fsp3) is 0.400. The first-order valence-electron chi connectivity index (χ1n) is 5.72. The van der Waals surface area contributed by atoms with E-state index >= 15 is 0 Å². The van der Waals surface area contributed by atoms with Crippen LogP contribution in [0.4, 0.5) is 11.8 Å². The monoisotopic (exact) mass is 297 g/mol. The zero-order valence-electron chi connectivity index (χ0n) is 11.5. The van der Waals surface area contributed by atoms with Crippen molar-refractivity contribution in [3.8, 4) is 0 Å². The molecule has 2 aromatic rings. The average molecular weight is 297 g/mol. The molecule has 0 unspecified atom stereocenters. The average Bonchev–Trinajstić information content (AvgIpc) is 2.58. The lowest BCUT2D eigenvalue weighted by Crippen LogP contribution is -2.18. The molecule has 2 rings (SSSR count). The molecular formula is C10H15N7O2S. The Hall–Kier alpha value is -2.23. The van der Waals surface area contributed by atoms with Gasteiger partial charge >= 0.3 is 0 Å². The molecule has 0 aliphatic heterocycles. The van der Waals surface area contributed by atoms with Crippen LogP contribution in [0.3, 0.4) is 0 Å². The maximum atomic E-state index is 12.3. The van der Waals surface area contributed by atoms with Crippen molar-refractivity contribution in [3.05, 3.63) is 17.1 Å². The third-order valence-electron chi connectivity index (χ3n) is 2.89. The minimum absolute atomic E-state index is 0.0747. The molecule has 0 aliphatic carbocycles. The topological polar surface area (TPSA) is 129 Å². The van der Waals surface area contributed by atoms with Gasteiger partial charge in [-0.05, 0) is 20.8 Å². The zero-order valence-corrected chi connectivity index (χ0v) is 12.4. The van der Waals surface area contributed by atoms with E-state index in [0.29, 0.717) is 17.1 Å². The van der Waals surface area contributed by atoms with Crippen LogP contribution < -0.4 is 10.5 Å². The molecule has 3 N–H and O–H groups in total. The normalized spacial score (nSPS) is 11.6. The maximum Gasteiger partial charge on any atom is 0.269 e. The first kappa shape index (κ1) is 14.2. The summed E-state index contributed by atoms with van der Waals surface area (Å²) < 4.78 is 28.2. The fourth-order valence-electron chi connectivity index (χ4n) is 1.62. The maximum absolute atomic E-state index is 12.3. The minimum Gasteiger partial charge on any atom is -0.381 e. The first-order chi connectivity index (χ1) is 9.22. The van der Waals surface area contributed by atoms with Crippen LogP contribution in [0.2, 0.25) is 0 Å². The molecule has 0 spiro atoms. The van der Waals surface area contributed by atoms with E-state index in [9.17, 15) is 8.42 Å². The highest BCUT2D eigenvalue weighted by molar-refractivity contribution is 7.93. The second kappa shape index (κ2) is 4.71. The van der Waals surface area contributed by atoms with Gasteiger partial charge in [-0.25, -0.2) is 18.1 Å². The number of nitrogen functional groups attached to an aromatic ring is 1. The molecule has 20 heavy (non-hydrogen) atoms. The van der Waals surface area contributed by atoms with E-state index in [1.807, 2.05) is 0 Å². The largest absolute Gasteiger partial charge is 0.381 e. The van der Waals surface area contributed by atoms with Gasteiger partial charge in [0.05, 0.1) is 17.1 Å². The van der Waals surface area contributed by atoms with E-state index in [1.54, 1.807) is 27.8 Å². The summed E-state index contributed by atoms with van der Waals surface area (Å²) in [6.45, 7) is 5.06. The van der Waals surface area contributed by atoms with Gasteiger partial charge in [-0.1, -0.05) is 0 Å². The Morgan fingerprint density at radius 2 is 1.80 bits per heavy atom. The van der Waals surface area contributed by atoms with Gasteiger partial charge in [-0.2, -0.15) is 10.2 Å². The van der Waals surface area contributed by atoms with Crippen molar-refractivity contribution in [2.24, 2.45) is 7.05 Å². The zero-order chi connectivity index (χ0) is 15.1. The number of hydrogen-bond donors (Lipinski definition) is 2. The summed E-state index contributed by atoms with van der Waals surface area (Å²) >= 11 is 0. The fourth-order valence-corrected chi connectivity index (χ4v) is 2.88. The first-order valence-corrected chi connectivity index (χ1v) is 7.20. The molecule has 2 heterocycles. The molecule has 0 radical (unpaired) electrons. The Morgan fingerprint density at radius 1 is 1.15 bits per heavy atom. The Morgan fingerprint density at radius 3 is 2.30 bits per heavy atom. The molecule has 108 valence electrons. The number of aromatic nitrogens is 5. The van der Waals surface area contributed by atoms with E-state index in [1.165, 1.54) is 4.68 Å². The predicted molar refractivity (Wildman–Crippen MR) is 72.5 cm³/mol. The van der Waals surface area contributed by atoms with E-state index in [0.717, 1.165) is 0 Å². The Labute approximate surface area is 116 Å². The third kappa shape index (κ3) is 2.41. The van der Waals surface area contributed by atoms with Crippen molar-refractivity contribution < 1.29 is 8.42 Å². The number of anilines is 2. The molecule has 10 heteroatoms. The molecule has 0 bridgehead atoms. The molecule has 0 saturated carbocycles. The van der Waals surface area contributed by atoms with Gasteiger partial charge in [0.15, 0.2) is 10.7 Å². The SMILES string of the molecule is Cc1nnc(NS(=O)(=O)c2c(N)nn(C)c2C)nc1C. The van der Waals surface area contributed by atoms with Gasteiger partial charge in [0, 0.05) is 7.05 Å². The van der Waals surface area contributed by atoms with Gasteiger partial charge in [0.25, 0.3) is 16.0 Å². The summed E-state index contributed by atoms with van der Waals surface area (Å²) in [5.74, 6) is -0.176. The third-order valence-corrected chi connectivity index (χ3v) is 4.38. The highest BCUT2D eigenvalue weighted by atomic mass is 32.2. The number of rotatable bonds is 3. The second-order valence-corrected chi connectivity index (χ2v) is 5.95. The summed E-state index contributed by atoms with van der Waals surface area (Å²) in [5, 5.41) is 11.4. The summed E-state index contributed by atoms with van der Waals surface area (Å²) in [5.41, 5.74) is 7.27. The van der Waals surface area contributed by atoms with Crippen molar-refractivity contribution in [2.45, 2.75) is 25.7 Å². The van der Waals surface area contributed by atoms with E-state index in [2.05, 4.69) is 25.0 Å². The van der Waals surface area contributed by atoms with Crippen molar-refractivity contribution >= 4 is 21.8 Å². The minimum atomic E-state index is -3.91. The van der Waals surface area contributed by atoms with E-state index in [-0.39, 0.29) is 16.7 Å². The van der Waals surface area contributed by atoms with Crippen molar-refractivity contribution in [3.63, 3.8) is 0 Å². The molecule has 2 aromatic heterocycles. The number of aryl methyl sites for hydroxylation is 3. The Kier molecular flexibility index (Phi) is 3.34. The molecule has 0 saturated heterocycles. The highest BCUT2D eigenvalue weighted by Gasteiger charge is 2.25. The molecule has 9 nitrogen and oxygen atoms in total. The lowest BCUT2D eigenvalue weighted by atomic mass is 10.4. The van der Waals surface area contributed by atoms with Crippen LogP contribution in [0.5, 0.6) is 0 Å². The number of nitrogens with two attached hydrogens (primary N) is 1. The molecule has 0 aliphatic rings. The van der Waals surface area contributed by atoms with Gasteiger partial charge in [-0.15, -0.1) is 5.10 Å². The van der Waals surface area contributed by atoms with Crippen LogP contribution in [-0.4, -0.2) is 33.4 Å². The van der Waals surface area contributed by atoms with Gasteiger partial charge in [-0.3, -0.25) is 4.68 Å². The quantitative estimate of drug-likeness (QED) is 0.810. The lowest BCUT2D eigenvalue weighted by molar-refractivity contribution is 0.599. The summed E-state index contributed by atoms with van der Waals surface area (Å²) in [4.78, 5) is 3.94. The molecule has 0 atom stereocenters. The molecule has 0 fully saturated rings. The lowest BCUT2D eigenvalue weighted by Gasteiger charge is -2.07. The summed E-state index contributed by atoms with van der Waals surface area (Å²) in [7, 11) is -2.30. The van der Waals surface area contributed by atoms with Crippen LogP contribution in [0.15, 0.2) is 4.90 Å². The van der Waals surface area contributed by atoms with Crippen molar-refractivity contribution in [1.82, 2.24) is 25.0 Å². The van der Waals surface area contributed by atoms with Crippen LogP contribution in [0, 0.1) is 20.8 Å². The van der Waals surface area contributed by atoms with Crippen molar-refractivity contribution in [1.29, 1.82) is 0 Å². The van der Waals surface area contributed by atoms with Crippen LogP contribution in [0.25, 0.3) is 0 Å². The molecule has 0 aromatic carbocycles. The van der Waals surface area contributed by atoms with Gasteiger partial charge < -0.3 is 5.73 Å². The number of nitrogens with zero attached hydrogens (tertiary/aromatic N) is 5. The standard InChI is InChI=1S/C10H15N7O2S/c1-5-6(2)13-14-10(12-5)16-20(18,19)8-7(3)17(4)15-9(8)11/h1-4H3,(H2,11,15)(H,12,14,16). The number of sulfonamides is 1. The Bertz CT molecular complexity index is 766. The van der Waals surface area contributed by atoms with E-state index in [4.69, 9.17) is 5.73 Å². The van der Waals surface area contributed by atoms with E-state index < -0.39 is 10.0 Å². The predicted octanol–water partition coefficient (Wildman–Crippen LogP) is -0.0866. The van der Waals surface area contributed by atoms with Crippen LogP contribution in [-0.2, 0) is 17.1 Å². The summed E-state index contributed by atoms with van der Waals surface area (Å²) in [6, 6.07) is 0. The van der Waals surface area contributed by atoms with Crippen LogP contribution in [0.1, 0.15) is 17.1 Å². The smallest absolute Gasteiger partial charge is 0.269 e. The highest BCUT2D eigenvalue weighted by Crippen LogP contribution is 2.22. The Balaban J connectivity index is 2.43. The van der Waals surface area contributed by atoms with Crippen molar-refractivity contribution in [2.75, 3.05) is 10.5 Å². The van der Waals surface area contributed by atoms with Gasteiger partial charge in [0.2, 0.25) is 0 Å². The molecule has 0 amide bonds. The number of nitrogens with one attached hydrogen (secondary N) is 1. The summed E-state index contributed by atoms with van der Waals surface area (Å²) in [6.07, 6.45) is 0. The number of hydrogen-bond acceptors (Lipinski definition) is 7. The molecular weight excluding hydrogens is 282 g/mol. The van der Waals surface area contributed by atoms with Crippen LogP contribution >= 0.6 is 0 Å².